The SMILES string of the molecule is CCn1ncc(CN)c1-c1cccc(C)c1. The van der Waals surface area contributed by atoms with E-state index in [2.05, 4.69) is 43.2 Å². The molecule has 2 rings (SSSR count). The van der Waals surface area contributed by atoms with Crippen molar-refractivity contribution in [1.29, 1.82) is 0 Å². The summed E-state index contributed by atoms with van der Waals surface area (Å²) in [6.45, 7) is 5.58. The van der Waals surface area contributed by atoms with Crippen LogP contribution in [0.1, 0.15) is 18.1 Å². The summed E-state index contributed by atoms with van der Waals surface area (Å²) in [5.74, 6) is 0. The van der Waals surface area contributed by atoms with Crippen LogP contribution in [0.15, 0.2) is 30.5 Å². The lowest BCUT2D eigenvalue weighted by Gasteiger charge is -2.08. The number of nitrogens with zero attached hydrogens (tertiary/aromatic N) is 2. The molecule has 2 N–H and O–H groups in total. The van der Waals surface area contributed by atoms with Gasteiger partial charge in [-0.15, -0.1) is 0 Å². The molecule has 0 atom stereocenters. The summed E-state index contributed by atoms with van der Waals surface area (Å²) in [6, 6.07) is 8.44. The fourth-order valence-electron chi connectivity index (χ4n) is 1.94. The number of aryl methyl sites for hydroxylation is 2. The molecule has 0 saturated carbocycles. The second-order valence-electron chi connectivity index (χ2n) is 3.91. The van der Waals surface area contributed by atoms with Crippen LogP contribution >= 0.6 is 0 Å². The van der Waals surface area contributed by atoms with Crippen LogP contribution in [0.2, 0.25) is 0 Å². The van der Waals surface area contributed by atoms with Crippen LogP contribution in [0.25, 0.3) is 11.3 Å². The van der Waals surface area contributed by atoms with E-state index in [1.807, 2.05) is 10.9 Å². The van der Waals surface area contributed by atoms with Gasteiger partial charge in [0, 0.05) is 24.2 Å². The first-order valence-electron chi connectivity index (χ1n) is 5.58. The van der Waals surface area contributed by atoms with E-state index in [9.17, 15) is 0 Å². The lowest BCUT2D eigenvalue weighted by Crippen LogP contribution is -2.02. The summed E-state index contributed by atoms with van der Waals surface area (Å²) in [5.41, 5.74) is 10.4. The summed E-state index contributed by atoms with van der Waals surface area (Å²) in [7, 11) is 0. The van der Waals surface area contributed by atoms with Crippen molar-refractivity contribution in [2.24, 2.45) is 5.73 Å². The van der Waals surface area contributed by atoms with Gasteiger partial charge in [0.25, 0.3) is 0 Å². The second-order valence-corrected chi connectivity index (χ2v) is 3.91. The Morgan fingerprint density at radius 1 is 1.38 bits per heavy atom. The van der Waals surface area contributed by atoms with Crippen molar-refractivity contribution in [3.8, 4) is 11.3 Å². The van der Waals surface area contributed by atoms with Crippen LogP contribution in [-0.4, -0.2) is 9.78 Å². The summed E-state index contributed by atoms with van der Waals surface area (Å²) < 4.78 is 2.00. The predicted molar refractivity (Wildman–Crippen MR) is 66.0 cm³/mol. The van der Waals surface area contributed by atoms with Crippen LogP contribution in [0.4, 0.5) is 0 Å². The Kier molecular flexibility index (Phi) is 3.06. The highest BCUT2D eigenvalue weighted by Gasteiger charge is 2.10. The van der Waals surface area contributed by atoms with E-state index < -0.39 is 0 Å². The number of hydrogen-bond donors (Lipinski definition) is 1. The fraction of sp³-hybridized carbons (Fsp3) is 0.308. The van der Waals surface area contributed by atoms with Gasteiger partial charge in [0.2, 0.25) is 0 Å². The topological polar surface area (TPSA) is 43.8 Å². The third-order valence-electron chi connectivity index (χ3n) is 2.73. The molecule has 0 aliphatic rings. The Labute approximate surface area is 95.9 Å². The normalized spacial score (nSPS) is 10.7. The molecule has 16 heavy (non-hydrogen) atoms. The van der Waals surface area contributed by atoms with Crippen LogP contribution < -0.4 is 5.73 Å². The molecule has 0 fully saturated rings. The Hall–Kier alpha value is -1.61. The summed E-state index contributed by atoms with van der Waals surface area (Å²) in [4.78, 5) is 0. The first kappa shape index (κ1) is 10.9. The van der Waals surface area contributed by atoms with Crippen LogP contribution in [0.5, 0.6) is 0 Å². The van der Waals surface area contributed by atoms with Crippen molar-refractivity contribution < 1.29 is 0 Å². The molecule has 2 aromatic rings. The molecule has 0 aliphatic carbocycles. The maximum atomic E-state index is 5.74. The minimum absolute atomic E-state index is 0.531. The quantitative estimate of drug-likeness (QED) is 0.854. The number of hydrogen-bond acceptors (Lipinski definition) is 2. The molecule has 0 saturated heterocycles. The maximum Gasteiger partial charge on any atom is 0.0727 e. The molecule has 1 heterocycles. The highest BCUT2D eigenvalue weighted by Crippen LogP contribution is 2.24. The molecule has 0 spiro atoms. The summed E-state index contributed by atoms with van der Waals surface area (Å²) in [5, 5.41) is 4.35. The predicted octanol–water partition coefficient (Wildman–Crippen LogP) is 2.34. The van der Waals surface area contributed by atoms with E-state index in [1.54, 1.807) is 0 Å². The van der Waals surface area contributed by atoms with E-state index in [0.29, 0.717) is 6.54 Å². The molecule has 3 nitrogen and oxygen atoms in total. The van der Waals surface area contributed by atoms with Crippen molar-refractivity contribution in [3.05, 3.63) is 41.6 Å². The lowest BCUT2D eigenvalue weighted by atomic mass is 10.1. The highest BCUT2D eigenvalue weighted by atomic mass is 15.3. The zero-order valence-corrected chi connectivity index (χ0v) is 9.77. The smallest absolute Gasteiger partial charge is 0.0727 e. The van der Waals surface area contributed by atoms with Gasteiger partial charge in [-0.05, 0) is 19.9 Å². The maximum absolute atomic E-state index is 5.74. The van der Waals surface area contributed by atoms with Gasteiger partial charge in [0.15, 0.2) is 0 Å². The largest absolute Gasteiger partial charge is 0.326 e. The zero-order valence-electron chi connectivity index (χ0n) is 9.77. The zero-order chi connectivity index (χ0) is 11.5. The third kappa shape index (κ3) is 1.86. The molecule has 0 aliphatic heterocycles. The van der Waals surface area contributed by atoms with Crippen LogP contribution in [-0.2, 0) is 13.1 Å². The van der Waals surface area contributed by atoms with Gasteiger partial charge in [0.05, 0.1) is 11.9 Å². The lowest BCUT2D eigenvalue weighted by molar-refractivity contribution is 0.666. The molecule has 1 aromatic heterocycles. The molecule has 0 unspecified atom stereocenters. The first-order chi connectivity index (χ1) is 7.76. The van der Waals surface area contributed by atoms with E-state index in [0.717, 1.165) is 17.8 Å². The van der Waals surface area contributed by atoms with Crippen molar-refractivity contribution in [2.45, 2.75) is 26.9 Å². The molecule has 3 heteroatoms. The van der Waals surface area contributed by atoms with Gasteiger partial charge >= 0.3 is 0 Å². The minimum atomic E-state index is 0.531. The van der Waals surface area contributed by atoms with E-state index in [-0.39, 0.29) is 0 Å². The van der Waals surface area contributed by atoms with Gasteiger partial charge in [-0.3, -0.25) is 4.68 Å². The number of rotatable bonds is 3. The Balaban J connectivity index is 2.57. The Bertz CT molecular complexity index is 464. The van der Waals surface area contributed by atoms with Gasteiger partial charge in [-0.25, -0.2) is 0 Å². The third-order valence-corrected chi connectivity index (χ3v) is 2.73. The first-order valence-corrected chi connectivity index (χ1v) is 5.58. The summed E-state index contributed by atoms with van der Waals surface area (Å²) in [6.07, 6.45) is 1.86. The van der Waals surface area contributed by atoms with Gasteiger partial charge < -0.3 is 5.73 Å². The highest BCUT2D eigenvalue weighted by molar-refractivity contribution is 5.64. The van der Waals surface area contributed by atoms with Crippen molar-refractivity contribution in [3.63, 3.8) is 0 Å². The molecule has 84 valence electrons. The molecule has 0 amide bonds. The summed E-state index contributed by atoms with van der Waals surface area (Å²) >= 11 is 0. The molecule has 1 aromatic carbocycles. The monoisotopic (exact) mass is 215 g/mol. The van der Waals surface area contributed by atoms with E-state index in [1.165, 1.54) is 11.1 Å². The molecule has 0 radical (unpaired) electrons. The number of nitrogens with two attached hydrogens (primary N) is 1. The second kappa shape index (κ2) is 4.49. The average molecular weight is 215 g/mol. The van der Waals surface area contributed by atoms with E-state index >= 15 is 0 Å². The van der Waals surface area contributed by atoms with E-state index in [4.69, 9.17) is 5.73 Å². The van der Waals surface area contributed by atoms with Gasteiger partial charge in [-0.1, -0.05) is 23.8 Å². The fourth-order valence-corrected chi connectivity index (χ4v) is 1.94. The number of aromatic nitrogens is 2. The average Bonchev–Trinajstić information content (AvgIpc) is 2.71. The number of benzene rings is 1. The van der Waals surface area contributed by atoms with Gasteiger partial charge in [-0.2, -0.15) is 5.10 Å². The Morgan fingerprint density at radius 2 is 2.19 bits per heavy atom. The Morgan fingerprint density at radius 3 is 2.81 bits per heavy atom. The standard InChI is InChI=1S/C13H17N3/c1-3-16-13(12(8-14)9-15-16)11-6-4-5-10(2)7-11/h4-7,9H,3,8,14H2,1-2H3. The van der Waals surface area contributed by atoms with Crippen molar-refractivity contribution in [1.82, 2.24) is 9.78 Å². The molecular weight excluding hydrogens is 198 g/mol. The van der Waals surface area contributed by atoms with Crippen LogP contribution in [0.3, 0.4) is 0 Å². The minimum Gasteiger partial charge on any atom is -0.326 e. The molecule has 0 bridgehead atoms. The van der Waals surface area contributed by atoms with Crippen molar-refractivity contribution in [2.75, 3.05) is 0 Å². The van der Waals surface area contributed by atoms with Crippen molar-refractivity contribution >= 4 is 0 Å². The van der Waals surface area contributed by atoms with Gasteiger partial charge in [0.1, 0.15) is 0 Å². The molecular formula is C13H17N3. The van der Waals surface area contributed by atoms with Crippen LogP contribution in [0, 0.1) is 6.92 Å².